The Kier molecular flexibility index (Phi) is 14.1. The Morgan fingerprint density at radius 3 is 2.47 bits per heavy atom. The van der Waals surface area contributed by atoms with E-state index in [2.05, 4.69) is 117 Å². The largest absolute Gasteiger partial charge is 0.453 e. The number of amides is 2. The average molecular weight is 694 g/mol. The second kappa shape index (κ2) is 18.7. The summed E-state index contributed by atoms with van der Waals surface area (Å²) in [5, 5.41) is 4.75. The minimum absolute atomic E-state index is 0.0894. The second-order valence-corrected chi connectivity index (χ2v) is 13.8. The van der Waals surface area contributed by atoms with Crippen LogP contribution in [-0.4, -0.2) is 87.9 Å². The number of aldehydes is 1. The van der Waals surface area contributed by atoms with Crippen molar-refractivity contribution >= 4 is 29.1 Å². The van der Waals surface area contributed by atoms with Crippen molar-refractivity contribution in [2.45, 2.75) is 66.0 Å². The smallest absolute Gasteiger partial charge is 0.407 e. The fourth-order valence-corrected chi connectivity index (χ4v) is 5.79. The summed E-state index contributed by atoms with van der Waals surface area (Å²) in [7, 11) is 3.41. The molecule has 2 aliphatic rings. The first-order chi connectivity index (χ1) is 24.5. The van der Waals surface area contributed by atoms with Crippen LogP contribution in [0.15, 0.2) is 66.8 Å². The predicted octanol–water partition coefficient (Wildman–Crippen LogP) is 6.51. The minimum Gasteiger partial charge on any atom is -0.453 e. The third kappa shape index (κ3) is 11.4. The molecule has 51 heavy (non-hydrogen) atoms. The number of nitrogens with one attached hydrogen (secondary N) is 3. The number of alkyl carbamates (subject to hydrolysis) is 1. The number of carbonyl (C=O) groups is 3. The van der Waals surface area contributed by atoms with Crippen molar-refractivity contribution in [3.05, 3.63) is 83.9 Å². The number of fused-ring (bicyclic) bond motifs is 1. The fourth-order valence-electron chi connectivity index (χ4n) is 5.79. The number of carbonyl (C=O) groups excluding carboxylic acids is 3. The fraction of sp³-hybridized carbons (Fsp3) is 0.425. The van der Waals surface area contributed by atoms with Gasteiger partial charge in [-0.05, 0) is 80.1 Å². The Morgan fingerprint density at radius 1 is 1.10 bits per heavy atom. The van der Waals surface area contributed by atoms with E-state index in [-0.39, 0.29) is 11.8 Å². The molecule has 3 N–H and O–H groups in total. The molecule has 0 saturated carbocycles. The Morgan fingerprint density at radius 2 is 1.86 bits per heavy atom. The van der Waals surface area contributed by atoms with Crippen LogP contribution in [-0.2, 0) is 14.3 Å². The van der Waals surface area contributed by atoms with Crippen molar-refractivity contribution in [1.29, 1.82) is 0 Å². The maximum atomic E-state index is 11.5. The molecule has 1 fully saturated rings. The van der Waals surface area contributed by atoms with E-state index in [1.807, 2.05) is 31.1 Å². The van der Waals surface area contributed by atoms with Crippen LogP contribution in [0.4, 0.5) is 4.79 Å². The van der Waals surface area contributed by atoms with E-state index in [0.717, 1.165) is 54.4 Å². The van der Waals surface area contributed by atoms with Gasteiger partial charge in [0.1, 0.15) is 17.8 Å². The van der Waals surface area contributed by atoms with Gasteiger partial charge in [-0.2, -0.15) is 0 Å². The summed E-state index contributed by atoms with van der Waals surface area (Å²) in [5.74, 6) is 8.35. The zero-order chi connectivity index (χ0) is 36.9. The van der Waals surface area contributed by atoms with Crippen molar-refractivity contribution in [3.8, 4) is 23.1 Å². The molecule has 0 aliphatic carbocycles. The number of rotatable bonds is 7. The SMILES string of the molecule is CC1=CCN(C(=O)CC(C)C)C1.CN1CCCC1c1ncc(C#Cc2ccc3cc(-c4cnc[nH]4)ccc3c2)[nH]1.COC(=O)NC(C=O)C(C)C. The first-order valence-electron chi connectivity index (χ1n) is 17.5. The second-order valence-electron chi connectivity index (χ2n) is 13.8. The molecular formula is C40H51N7O4. The first-order valence-corrected chi connectivity index (χ1v) is 17.5. The molecule has 6 rings (SSSR count). The number of ether oxygens (including phenoxy) is 1. The van der Waals surface area contributed by atoms with Crippen LogP contribution in [0, 0.1) is 23.7 Å². The van der Waals surface area contributed by atoms with Gasteiger partial charge in [0.25, 0.3) is 0 Å². The monoisotopic (exact) mass is 693 g/mol. The van der Waals surface area contributed by atoms with Crippen molar-refractivity contribution < 1.29 is 19.1 Å². The normalized spacial score (nSPS) is 16.0. The van der Waals surface area contributed by atoms with Gasteiger partial charge in [0.2, 0.25) is 5.91 Å². The number of likely N-dealkylation sites (tertiary alicyclic amines) is 1. The van der Waals surface area contributed by atoms with E-state index in [1.54, 1.807) is 6.33 Å². The van der Waals surface area contributed by atoms with Crippen molar-refractivity contribution in [2.75, 3.05) is 33.8 Å². The van der Waals surface area contributed by atoms with Crippen LogP contribution in [0.1, 0.15) is 77.0 Å². The van der Waals surface area contributed by atoms with Crippen LogP contribution in [0.25, 0.3) is 22.0 Å². The molecule has 0 spiro atoms. The molecular weight excluding hydrogens is 642 g/mol. The molecule has 2 aromatic heterocycles. The number of aromatic nitrogens is 4. The van der Waals surface area contributed by atoms with Crippen molar-refractivity contribution in [3.63, 3.8) is 0 Å². The van der Waals surface area contributed by atoms with E-state index in [4.69, 9.17) is 0 Å². The van der Waals surface area contributed by atoms with Crippen LogP contribution in [0.5, 0.6) is 0 Å². The van der Waals surface area contributed by atoms with Gasteiger partial charge in [-0.25, -0.2) is 14.8 Å². The lowest BCUT2D eigenvalue weighted by molar-refractivity contribution is -0.130. The van der Waals surface area contributed by atoms with Gasteiger partial charge >= 0.3 is 6.09 Å². The summed E-state index contributed by atoms with van der Waals surface area (Å²) in [6.07, 6.45) is 10.7. The van der Waals surface area contributed by atoms with E-state index in [0.29, 0.717) is 24.7 Å². The van der Waals surface area contributed by atoms with Gasteiger partial charge in [-0.15, -0.1) is 0 Å². The Balaban J connectivity index is 0.000000210. The Hall–Kier alpha value is -5.21. The summed E-state index contributed by atoms with van der Waals surface area (Å²) < 4.78 is 4.32. The summed E-state index contributed by atoms with van der Waals surface area (Å²) in [6.45, 7) is 12.7. The van der Waals surface area contributed by atoms with Crippen molar-refractivity contribution in [1.82, 2.24) is 35.1 Å². The molecule has 0 radical (unpaired) electrons. The predicted molar refractivity (Wildman–Crippen MR) is 201 cm³/mol. The number of H-pyrrole nitrogens is 2. The quantitative estimate of drug-likeness (QED) is 0.114. The van der Waals surface area contributed by atoms with Gasteiger partial charge in [0, 0.05) is 30.6 Å². The molecule has 2 aromatic carbocycles. The highest BCUT2D eigenvalue weighted by Crippen LogP contribution is 2.28. The molecule has 2 amide bonds. The summed E-state index contributed by atoms with van der Waals surface area (Å²) in [4.78, 5) is 51.8. The van der Waals surface area contributed by atoms with Gasteiger partial charge < -0.3 is 29.7 Å². The maximum absolute atomic E-state index is 11.5. The zero-order valence-corrected chi connectivity index (χ0v) is 30.8. The molecule has 270 valence electrons. The first kappa shape index (κ1) is 38.6. The van der Waals surface area contributed by atoms with Gasteiger partial charge in [0.05, 0.1) is 43.6 Å². The summed E-state index contributed by atoms with van der Waals surface area (Å²) in [6, 6.07) is 12.6. The number of hydrogen-bond donors (Lipinski definition) is 3. The number of hydrogen-bond acceptors (Lipinski definition) is 7. The highest BCUT2D eigenvalue weighted by molar-refractivity contribution is 5.88. The van der Waals surface area contributed by atoms with Gasteiger partial charge in [-0.3, -0.25) is 9.69 Å². The Bertz CT molecular complexity index is 1850. The molecule has 2 unspecified atom stereocenters. The van der Waals surface area contributed by atoms with E-state index < -0.39 is 12.1 Å². The molecule has 4 aromatic rings. The highest BCUT2D eigenvalue weighted by Gasteiger charge is 2.24. The van der Waals surface area contributed by atoms with Crippen molar-refractivity contribution in [2.24, 2.45) is 11.8 Å². The third-order valence-electron chi connectivity index (χ3n) is 8.79. The standard InChI is InChI=1S/C23H21N5.C10H17NO.C7H13NO3/c1-28-10-2-3-22(28)23-25-13-20(27-23)9-5-16-4-6-18-12-19(8-7-17(18)11-16)21-14-24-15-26-21;1-8(2)6-10(12)11-5-4-9(3)7-11;1-5(2)6(4-9)8-7(10)11-3/h4,6-8,11-15,22H,2-3,10H2,1H3,(H,24,26)(H,25,27);4,8H,5-7H2,1-3H3;4-6H,1-3H3,(H,8,10). The number of benzene rings is 2. The van der Waals surface area contributed by atoms with Gasteiger partial charge in [0.15, 0.2) is 0 Å². The topological polar surface area (TPSA) is 136 Å². The minimum atomic E-state index is -0.573. The zero-order valence-electron chi connectivity index (χ0n) is 30.8. The van der Waals surface area contributed by atoms with Crippen LogP contribution >= 0.6 is 0 Å². The van der Waals surface area contributed by atoms with Gasteiger partial charge in [-0.1, -0.05) is 63.5 Å². The third-order valence-corrected chi connectivity index (χ3v) is 8.79. The lowest BCUT2D eigenvalue weighted by Crippen LogP contribution is -2.39. The maximum Gasteiger partial charge on any atom is 0.407 e. The average Bonchev–Trinajstić information content (AvgIpc) is 3.95. The molecule has 2 aliphatic heterocycles. The number of nitrogens with zero attached hydrogens (tertiary/aromatic N) is 4. The molecule has 2 atom stereocenters. The lowest BCUT2D eigenvalue weighted by Gasteiger charge is -2.16. The molecule has 11 heteroatoms. The van der Waals surface area contributed by atoms with E-state index in [1.165, 1.54) is 29.9 Å². The number of aromatic amines is 2. The van der Waals surface area contributed by atoms with E-state index >= 15 is 0 Å². The summed E-state index contributed by atoms with van der Waals surface area (Å²) in [5.41, 5.74) is 5.33. The molecule has 11 nitrogen and oxygen atoms in total. The van der Waals surface area contributed by atoms with Crippen LogP contribution in [0.3, 0.4) is 0 Å². The molecule has 1 saturated heterocycles. The number of methoxy groups -OCH3 is 1. The lowest BCUT2D eigenvalue weighted by atomic mass is 10.0. The molecule has 0 bridgehead atoms. The van der Waals surface area contributed by atoms with E-state index in [9.17, 15) is 14.4 Å². The van der Waals surface area contributed by atoms with Crippen LogP contribution < -0.4 is 5.32 Å². The van der Waals surface area contributed by atoms with Crippen LogP contribution in [0.2, 0.25) is 0 Å². The highest BCUT2D eigenvalue weighted by atomic mass is 16.5. The summed E-state index contributed by atoms with van der Waals surface area (Å²) >= 11 is 0. The number of imidazole rings is 2. The molecule has 4 heterocycles. The Labute approximate surface area is 301 Å².